The average Bonchev–Trinajstić information content (AvgIpc) is 2.28. The molecular formula is C12H17N3O2. The van der Waals surface area contributed by atoms with E-state index in [4.69, 9.17) is 10.00 Å². The largest absolute Gasteiger partial charge is 0.389 e. The van der Waals surface area contributed by atoms with Crippen molar-refractivity contribution in [3.8, 4) is 6.07 Å². The van der Waals surface area contributed by atoms with E-state index >= 15 is 0 Å². The molecule has 1 heterocycles. The number of pyridine rings is 1. The van der Waals surface area contributed by atoms with Crippen LogP contribution in [0.1, 0.15) is 11.1 Å². The van der Waals surface area contributed by atoms with Crippen LogP contribution in [0.5, 0.6) is 0 Å². The van der Waals surface area contributed by atoms with Gasteiger partial charge in [0.25, 0.3) is 0 Å². The highest BCUT2D eigenvalue weighted by atomic mass is 16.5. The van der Waals surface area contributed by atoms with Crippen LogP contribution in [0.2, 0.25) is 0 Å². The van der Waals surface area contributed by atoms with Crippen LogP contribution in [0, 0.1) is 18.3 Å². The number of aryl methyl sites for hydroxylation is 1. The molecule has 0 radical (unpaired) electrons. The van der Waals surface area contributed by atoms with E-state index in [1.54, 1.807) is 24.2 Å². The smallest absolute Gasteiger partial charge is 0.146 e. The predicted octanol–water partition coefficient (Wildman–Crippen LogP) is 0.705. The Balaban J connectivity index is 2.86. The molecule has 92 valence electrons. The Morgan fingerprint density at radius 2 is 2.35 bits per heavy atom. The number of methoxy groups -OCH3 is 1. The maximum Gasteiger partial charge on any atom is 0.146 e. The molecule has 1 aromatic heterocycles. The Bertz CT molecular complexity index is 415. The lowest BCUT2D eigenvalue weighted by atomic mass is 10.1. The maximum atomic E-state index is 9.64. The van der Waals surface area contributed by atoms with Crippen LogP contribution < -0.4 is 4.90 Å². The number of likely N-dealkylation sites (N-methyl/N-ethyl adjacent to an activating group) is 1. The van der Waals surface area contributed by atoms with Crippen molar-refractivity contribution >= 4 is 5.82 Å². The zero-order valence-electron chi connectivity index (χ0n) is 10.3. The highest BCUT2D eigenvalue weighted by Crippen LogP contribution is 2.18. The van der Waals surface area contributed by atoms with Gasteiger partial charge in [0.15, 0.2) is 0 Å². The zero-order valence-corrected chi connectivity index (χ0v) is 10.3. The lowest BCUT2D eigenvalue weighted by Crippen LogP contribution is -2.32. The molecule has 0 fully saturated rings. The second-order valence-corrected chi connectivity index (χ2v) is 3.93. The van der Waals surface area contributed by atoms with E-state index < -0.39 is 6.10 Å². The molecule has 5 heteroatoms. The molecule has 0 saturated heterocycles. The number of aliphatic hydroxyl groups excluding tert-OH is 1. The molecule has 0 aliphatic carbocycles. The molecule has 1 aromatic rings. The van der Waals surface area contributed by atoms with Gasteiger partial charge in [-0.2, -0.15) is 5.26 Å². The molecule has 1 rings (SSSR count). The van der Waals surface area contributed by atoms with E-state index in [0.717, 1.165) is 5.56 Å². The molecule has 1 atom stereocenters. The predicted molar refractivity (Wildman–Crippen MR) is 64.8 cm³/mol. The number of aliphatic hydroxyl groups is 1. The molecule has 5 nitrogen and oxygen atoms in total. The number of nitrogens with zero attached hydrogens (tertiary/aromatic N) is 3. The first-order valence-corrected chi connectivity index (χ1v) is 5.34. The van der Waals surface area contributed by atoms with Crippen LogP contribution in [0.25, 0.3) is 0 Å². The van der Waals surface area contributed by atoms with Gasteiger partial charge >= 0.3 is 0 Å². The fraction of sp³-hybridized carbons (Fsp3) is 0.500. The summed E-state index contributed by atoms with van der Waals surface area (Å²) < 4.78 is 4.86. The van der Waals surface area contributed by atoms with Gasteiger partial charge in [0.05, 0.1) is 18.3 Å². The van der Waals surface area contributed by atoms with Crippen LogP contribution in [0.4, 0.5) is 5.82 Å². The zero-order chi connectivity index (χ0) is 12.8. The van der Waals surface area contributed by atoms with Gasteiger partial charge in [-0.3, -0.25) is 0 Å². The molecular weight excluding hydrogens is 218 g/mol. The van der Waals surface area contributed by atoms with E-state index in [-0.39, 0.29) is 6.61 Å². The van der Waals surface area contributed by atoms with Crippen LogP contribution in [0.15, 0.2) is 12.3 Å². The first-order chi connectivity index (χ1) is 8.10. The van der Waals surface area contributed by atoms with Crippen LogP contribution in [0.3, 0.4) is 0 Å². The SMILES string of the molecule is COCC(O)CN(C)c1nccc(C)c1C#N. The van der Waals surface area contributed by atoms with Crippen molar-refractivity contribution in [1.29, 1.82) is 5.26 Å². The molecule has 0 amide bonds. The molecule has 0 saturated carbocycles. The monoisotopic (exact) mass is 235 g/mol. The number of nitriles is 1. The van der Waals surface area contributed by atoms with E-state index in [0.29, 0.717) is 17.9 Å². The fourth-order valence-corrected chi connectivity index (χ4v) is 1.62. The molecule has 0 aliphatic rings. The minimum atomic E-state index is -0.598. The normalized spacial score (nSPS) is 11.9. The Morgan fingerprint density at radius 1 is 1.65 bits per heavy atom. The Labute approximate surface area is 101 Å². The van der Waals surface area contributed by atoms with Crippen molar-refractivity contribution < 1.29 is 9.84 Å². The van der Waals surface area contributed by atoms with Crippen molar-refractivity contribution in [2.24, 2.45) is 0 Å². The summed E-state index contributed by atoms with van der Waals surface area (Å²) in [6, 6.07) is 3.93. The quantitative estimate of drug-likeness (QED) is 0.813. The summed E-state index contributed by atoms with van der Waals surface area (Å²) >= 11 is 0. The Kier molecular flexibility index (Phi) is 4.88. The Hall–Kier alpha value is -1.64. The second-order valence-electron chi connectivity index (χ2n) is 3.93. The summed E-state index contributed by atoms with van der Waals surface area (Å²) in [7, 11) is 3.33. The van der Waals surface area contributed by atoms with Crippen molar-refractivity contribution in [3.63, 3.8) is 0 Å². The van der Waals surface area contributed by atoms with E-state index in [2.05, 4.69) is 11.1 Å². The van der Waals surface area contributed by atoms with Crippen molar-refractivity contribution in [1.82, 2.24) is 4.98 Å². The number of anilines is 1. The van der Waals surface area contributed by atoms with Gasteiger partial charge < -0.3 is 14.7 Å². The van der Waals surface area contributed by atoms with Gasteiger partial charge in [-0.25, -0.2) is 4.98 Å². The van der Waals surface area contributed by atoms with Crippen LogP contribution in [-0.4, -0.2) is 43.5 Å². The molecule has 0 aromatic carbocycles. The molecule has 0 bridgehead atoms. The number of hydrogen-bond donors (Lipinski definition) is 1. The van der Waals surface area contributed by atoms with Gasteiger partial charge in [-0.1, -0.05) is 0 Å². The van der Waals surface area contributed by atoms with E-state index in [1.807, 2.05) is 6.92 Å². The summed E-state index contributed by atoms with van der Waals surface area (Å²) in [5, 5.41) is 18.7. The second kappa shape index (κ2) is 6.18. The fourth-order valence-electron chi connectivity index (χ4n) is 1.62. The minimum Gasteiger partial charge on any atom is -0.389 e. The molecule has 1 N–H and O–H groups in total. The van der Waals surface area contributed by atoms with Crippen molar-refractivity contribution in [2.45, 2.75) is 13.0 Å². The summed E-state index contributed by atoms with van der Waals surface area (Å²) in [6.07, 6.45) is 1.06. The Morgan fingerprint density at radius 3 is 2.94 bits per heavy atom. The maximum absolute atomic E-state index is 9.64. The first kappa shape index (κ1) is 13.4. The van der Waals surface area contributed by atoms with Gasteiger partial charge in [-0.15, -0.1) is 0 Å². The van der Waals surface area contributed by atoms with E-state index in [9.17, 15) is 5.11 Å². The number of aromatic nitrogens is 1. The topological polar surface area (TPSA) is 69.4 Å². The average molecular weight is 235 g/mol. The van der Waals surface area contributed by atoms with Gasteiger partial charge in [0, 0.05) is 26.9 Å². The third kappa shape index (κ3) is 3.41. The number of ether oxygens (including phenoxy) is 1. The van der Waals surface area contributed by atoms with Crippen LogP contribution in [-0.2, 0) is 4.74 Å². The van der Waals surface area contributed by atoms with E-state index in [1.165, 1.54) is 7.11 Å². The van der Waals surface area contributed by atoms with Gasteiger partial charge in [-0.05, 0) is 18.6 Å². The first-order valence-electron chi connectivity index (χ1n) is 5.34. The lowest BCUT2D eigenvalue weighted by Gasteiger charge is -2.22. The molecule has 17 heavy (non-hydrogen) atoms. The number of hydrogen-bond acceptors (Lipinski definition) is 5. The minimum absolute atomic E-state index is 0.262. The summed E-state index contributed by atoms with van der Waals surface area (Å²) in [4.78, 5) is 5.93. The lowest BCUT2D eigenvalue weighted by molar-refractivity contribution is 0.0694. The van der Waals surface area contributed by atoms with Crippen molar-refractivity contribution in [2.75, 3.05) is 32.2 Å². The highest BCUT2D eigenvalue weighted by molar-refractivity contribution is 5.56. The third-order valence-electron chi connectivity index (χ3n) is 2.46. The molecule has 0 spiro atoms. The van der Waals surface area contributed by atoms with Gasteiger partial charge in [0.1, 0.15) is 11.9 Å². The molecule has 1 unspecified atom stereocenters. The molecule has 0 aliphatic heterocycles. The summed E-state index contributed by atoms with van der Waals surface area (Å²) in [5.41, 5.74) is 1.42. The number of rotatable bonds is 5. The van der Waals surface area contributed by atoms with Crippen molar-refractivity contribution in [3.05, 3.63) is 23.4 Å². The van der Waals surface area contributed by atoms with Crippen LogP contribution >= 0.6 is 0 Å². The highest BCUT2D eigenvalue weighted by Gasteiger charge is 2.14. The third-order valence-corrected chi connectivity index (χ3v) is 2.46. The standard InChI is InChI=1S/C12H17N3O2/c1-9-4-5-14-12(11(9)6-13)15(2)7-10(16)8-17-3/h4-5,10,16H,7-8H2,1-3H3. The summed E-state index contributed by atoms with van der Waals surface area (Å²) in [6.45, 7) is 2.50. The van der Waals surface area contributed by atoms with Gasteiger partial charge in [0.2, 0.25) is 0 Å². The summed E-state index contributed by atoms with van der Waals surface area (Å²) in [5.74, 6) is 0.586.